The summed E-state index contributed by atoms with van der Waals surface area (Å²) in [5.74, 6) is -0.851. The number of fused-ring (bicyclic) bond motifs is 1. The Labute approximate surface area is 180 Å². The average molecular weight is 418 g/mol. The molecule has 1 fully saturated rings. The van der Waals surface area contributed by atoms with E-state index in [1.54, 1.807) is 6.07 Å². The van der Waals surface area contributed by atoms with Gasteiger partial charge in [-0.3, -0.25) is 0 Å². The van der Waals surface area contributed by atoms with Crippen molar-refractivity contribution in [2.45, 2.75) is 96.4 Å². The highest BCUT2D eigenvalue weighted by Gasteiger charge is 2.11. The van der Waals surface area contributed by atoms with Crippen LogP contribution < -0.4 is 5.32 Å². The lowest BCUT2D eigenvalue weighted by Gasteiger charge is -2.22. The van der Waals surface area contributed by atoms with Crippen molar-refractivity contribution in [2.24, 2.45) is 0 Å². The van der Waals surface area contributed by atoms with Crippen LogP contribution in [0.5, 0.6) is 0 Å². The summed E-state index contributed by atoms with van der Waals surface area (Å²) in [5.41, 5.74) is 0. The minimum absolute atomic E-state index is 0.399. The molecule has 0 saturated heterocycles. The van der Waals surface area contributed by atoms with Crippen LogP contribution in [0.1, 0.15) is 100 Å². The van der Waals surface area contributed by atoms with Crippen LogP contribution in [0.2, 0.25) is 0 Å². The third kappa shape index (κ3) is 9.77. The van der Waals surface area contributed by atoms with Crippen molar-refractivity contribution in [3.8, 4) is 0 Å². The molecular weight excluding hydrogens is 378 g/mol. The lowest BCUT2D eigenvalue weighted by molar-refractivity contribution is 0.0702. The Kier molecular flexibility index (Phi) is 12.0. The fraction of sp³-hybridized carbons (Fsp3) is 0.640. The number of benzene rings is 1. The summed E-state index contributed by atoms with van der Waals surface area (Å²) < 4.78 is 1.02. The highest BCUT2D eigenvalue weighted by atomic mass is 32.1. The highest BCUT2D eigenvalue weighted by molar-refractivity contribution is 7.20. The molecule has 0 amide bonds. The van der Waals surface area contributed by atoms with Gasteiger partial charge in [-0.2, -0.15) is 0 Å². The van der Waals surface area contributed by atoms with Crippen LogP contribution in [0.4, 0.5) is 0 Å². The second-order valence-corrected chi connectivity index (χ2v) is 9.30. The van der Waals surface area contributed by atoms with Crippen molar-refractivity contribution < 1.29 is 9.90 Å². The van der Waals surface area contributed by atoms with E-state index in [0.717, 1.165) is 16.1 Å². The predicted molar refractivity (Wildman–Crippen MR) is 126 cm³/mol. The molecule has 29 heavy (non-hydrogen) atoms. The first-order chi connectivity index (χ1) is 14.2. The van der Waals surface area contributed by atoms with Gasteiger partial charge in [0.1, 0.15) is 4.88 Å². The zero-order chi connectivity index (χ0) is 20.7. The van der Waals surface area contributed by atoms with Crippen LogP contribution >= 0.6 is 11.3 Å². The first-order valence-corrected chi connectivity index (χ1v) is 12.5. The number of hydrogen-bond acceptors (Lipinski definition) is 3. The molecule has 1 heterocycles. The van der Waals surface area contributed by atoms with Gasteiger partial charge < -0.3 is 10.4 Å². The first-order valence-electron chi connectivity index (χ1n) is 11.7. The van der Waals surface area contributed by atoms with Crippen LogP contribution in [-0.4, -0.2) is 23.7 Å². The number of carboxylic acid groups (broad SMARTS) is 1. The lowest BCUT2D eigenvalue weighted by atomic mass is 9.95. The quantitative estimate of drug-likeness (QED) is 0.369. The molecule has 162 valence electrons. The van der Waals surface area contributed by atoms with E-state index in [0.29, 0.717) is 4.88 Å². The van der Waals surface area contributed by atoms with Crippen molar-refractivity contribution in [3.63, 3.8) is 0 Å². The minimum Gasteiger partial charge on any atom is -0.477 e. The average Bonchev–Trinajstić information content (AvgIpc) is 3.19. The molecular formula is C25H39NO2S. The van der Waals surface area contributed by atoms with E-state index < -0.39 is 5.97 Å². The molecule has 0 unspecified atom stereocenters. The van der Waals surface area contributed by atoms with Crippen molar-refractivity contribution in [1.29, 1.82) is 0 Å². The van der Waals surface area contributed by atoms with E-state index in [1.165, 1.54) is 101 Å². The van der Waals surface area contributed by atoms with Crippen LogP contribution in [0.25, 0.3) is 10.1 Å². The number of carboxylic acids is 1. The molecule has 0 aliphatic heterocycles. The molecule has 1 aromatic heterocycles. The molecule has 2 aromatic rings. The fourth-order valence-corrected chi connectivity index (χ4v) is 4.86. The zero-order valence-corrected chi connectivity index (χ0v) is 18.9. The van der Waals surface area contributed by atoms with E-state index in [9.17, 15) is 4.79 Å². The van der Waals surface area contributed by atoms with Crippen molar-refractivity contribution in [3.05, 3.63) is 35.2 Å². The number of nitrogens with one attached hydrogen (secondary N) is 1. The summed E-state index contributed by atoms with van der Waals surface area (Å²) in [5, 5.41) is 13.4. The number of thiophene rings is 1. The third-order valence-electron chi connectivity index (χ3n) is 5.70. The molecule has 3 nitrogen and oxygen atoms in total. The SMILES string of the molecule is CCCCCCCCCCNC1CCCCC1.O=C(O)c1cc2ccccc2s1. The Bertz CT molecular complexity index is 658. The smallest absolute Gasteiger partial charge is 0.345 e. The Morgan fingerprint density at radius 2 is 1.66 bits per heavy atom. The molecule has 0 radical (unpaired) electrons. The second-order valence-electron chi connectivity index (χ2n) is 8.22. The van der Waals surface area contributed by atoms with E-state index >= 15 is 0 Å². The number of carbonyl (C=O) groups is 1. The van der Waals surface area contributed by atoms with Gasteiger partial charge in [-0.25, -0.2) is 4.79 Å². The number of rotatable bonds is 11. The first kappa shape index (κ1) is 23.9. The summed E-state index contributed by atoms with van der Waals surface area (Å²) in [6.07, 6.45) is 18.7. The molecule has 2 N–H and O–H groups in total. The van der Waals surface area contributed by atoms with E-state index in [4.69, 9.17) is 5.11 Å². The zero-order valence-electron chi connectivity index (χ0n) is 18.1. The lowest BCUT2D eigenvalue weighted by Crippen LogP contribution is -2.31. The van der Waals surface area contributed by atoms with Gasteiger partial charge in [0.15, 0.2) is 0 Å². The van der Waals surface area contributed by atoms with Gasteiger partial charge in [-0.1, -0.05) is 89.3 Å². The Hall–Kier alpha value is -1.39. The Morgan fingerprint density at radius 3 is 2.31 bits per heavy atom. The monoisotopic (exact) mass is 417 g/mol. The number of aromatic carboxylic acids is 1. The Balaban J connectivity index is 0.000000218. The van der Waals surface area contributed by atoms with Gasteiger partial charge in [0, 0.05) is 10.7 Å². The molecule has 1 aromatic carbocycles. The van der Waals surface area contributed by atoms with Gasteiger partial charge in [0.25, 0.3) is 0 Å². The van der Waals surface area contributed by atoms with Crippen LogP contribution in [-0.2, 0) is 0 Å². The maximum atomic E-state index is 10.6. The largest absolute Gasteiger partial charge is 0.477 e. The summed E-state index contributed by atoms with van der Waals surface area (Å²) in [6, 6.07) is 10.2. The summed E-state index contributed by atoms with van der Waals surface area (Å²) in [7, 11) is 0. The van der Waals surface area contributed by atoms with Gasteiger partial charge >= 0.3 is 5.97 Å². The topological polar surface area (TPSA) is 49.3 Å². The normalized spacial score (nSPS) is 14.5. The predicted octanol–water partition coefficient (Wildman–Crippen LogP) is 7.65. The van der Waals surface area contributed by atoms with E-state index in [2.05, 4.69) is 12.2 Å². The van der Waals surface area contributed by atoms with Crippen molar-refractivity contribution in [2.75, 3.05) is 6.54 Å². The van der Waals surface area contributed by atoms with Crippen molar-refractivity contribution in [1.82, 2.24) is 5.32 Å². The molecule has 0 bridgehead atoms. The van der Waals surface area contributed by atoms with Crippen LogP contribution in [0.3, 0.4) is 0 Å². The summed E-state index contributed by atoms with van der Waals surface area (Å²) in [6.45, 7) is 3.55. The van der Waals surface area contributed by atoms with Gasteiger partial charge in [-0.15, -0.1) is 11.3 Å². The van der Waals surface area contributed by atoms with E-state index in [1.807, 2.05) is 24.3 Å². The molecule has 4 heteroatoms. The van der Waals surface area contributed by atoms with E-state index in [-0.39, 0.29) is 0 Å². The molecule has 1 saturated carbocycles. The highest BCUT2D eigenvalue weighted by Crippen LogP contribution is 2.24. The van der Waals surface area contributed by atoms with Gasteiger partial charge in [0.2, 0.25) is 0 Å². The maximum absolute atomic E-state index is 10.6. The number of unbranched alkanes of at least 4 members (excludes halogenated alkanes) is 7. The van der Waals surface area contributed by atoms with Gasteiger partial charge in [-0.05, 0) is 43.3 Å². The molecule has 3 rings (SSSR count). The molecule has 1 aliphatic carbocycles. The summed E-state index contributed by atoms with van der Waals surface area (Å²) >= 11 is 1.31. The molecule has 1 aliphatic rings. The van der Waals surface area contributed by atoms with Crippen molar-refractivity contribution >= 4 is 27.4 Å². The molecule has 0 spiro atoms. The molecule has 0 atom stereocenters. The number of hydrogen-bond donors (Lipinski definition) is 2. The fourth-order valence-electron chi connectivity index (χ4n) is 3.96. The van der Waals surface area contributed by atoms with Crippen LogP contribution in [0.15, 0.2) is 30.3 Å². The standard InChI is InChI=1S/C16H33N.C9H6O2S/c1-2-3-4-5-6-7-8-12-15-17-16-13-10-9-11-14-16;10-9(11)8-5-6-3-1-2-4-7(6)12-8/h16-17H,2-15H2,1H3;1-5H,(H,10,11). The maximum Gasteiger partial charge on any atom is 0.345 e. The third-order valence-corrected chi connectivity index (χ3v) is 6.81. The second kappa shape index (κ2) is 14.6. The van der Waals surface area contributed by atoms with Gasteiger partial charge in [0.05, 0.1) is 0 Å². The minimum atomic E-state index is -0.851. The van der Waals surface area contributed by atoms with Crippen LogP contribution in [0, 0.1) is 0 Å². The Morgan fingerprint density at radius 1 is 1.00 bits per heavy atom. The summed E-state index contributed by atoms with van der Waals surface area (Å²) in [4.78, 5) is 11.0.